The van der Waals surface area contributed by atoms with Crippen molar-refractivity contribution in [1.29, 1.82) is 0 Å². The Bertz CT molecular complexity index is 637. The van der Waals surface area contributed by atoms with E-state index in [2.05, 4.69) is 11.6 Å². The highest BCUT2D eigenvalue weighted by Gasteiger charge is 2.28. The fourth-order valence-electron chi connectivity index (χ4n) is 2.20. The van der Waals surface area contributed by atoms with E-state index in [0.717, 1.165) is 15.9 Å². The molecular weight excluding hydrogens is 268 g/mol. The van der Waals surface area contributed by atoms with E-state index in [1.165, 1.54) is 11.3 Å². The largest absolute Gasteiger partial charge is 0.312 e. The highest BCUT2D eigenvalue weighted by atomic mass is 35.5. The van der Waals surface area contributed by atoms with Crippen molar-refractivity contribution in [3.63, 3.8) is 0 Å². The van der Waals surface area contributed by atoms with Crippen LogP contribution in [0.2, 0.25) is 4.47 Å². The Hall–Kier alpha value is -1.39. The summed E-state index contributed by atoms with van der Waals surface area (Å²) < 4.78 is 1.53. The van der Waals surface area contributed by atoms with Gasteiger partial charge in [0.25, 0.3) is 0 Å². The average molecular weight is 279 g/mol. The molecular formula is C13H11ClN2OS. The molecule has 5 heteroatoms. The van der Waals surface area contributed by atoms with Crippen LogP contribution in [0.5, 0.6) is 0 Å². The number of nitrogens with zero attached hydrogens (tertiary/aromatic N) is 2. The van der Waals surface area contributed by atoms with Gasteiger partial charge in [-0.15, -0.1) is 17.9 Å². The number of rotatable bonds is 2. The maximum absolute atomic E-state index is 11.9. The van der Waals surface area contributed by atoms with Gasteiger partial charge in [-0.2, -0.15) is 0 Å². The van der Waals surface area contributed by atoms with Crippen LogP contribution in [0.15, 0.2) is 30.9 Å². The average Bonchev–Trinajstić information content (AvgIpc) is 2.89. The van der Waals surface area contributed by atoms with Gasteiger partial charge < -0.3 is 4.90 Å². The highest BCUT2D eigenvalue weighted by molar-refractivity contribution is 7.22. The minimum Gasteiger partial charge on any atom is -0.312 e. The Balaban J connectivity index is 1.99. The molecule has 18 heavy (non-hydrogen) atoms. The monoisotopic (exact) mass is 278 g/mol. The number of halogens is 1. The van der Waals surface area contributed by atoms with Crippen molar-refractivity contribution in [2.75, 3.05) is 11.4 Å². The van der Waals surface area contributed by atoms with Crippen LogP contribution in [0.25, 0.3) is 10.2 Å². The molecule has 1 aliphatic rings. The molecule has 1 aliphatic heterocycles. The van der Waals surface area contributed by atoms with E-state index < -0.39 is 0 Å². The Labute approximate surface area is 114 Å². The number of hydrogen-bond acceptors (Lipinski definition) is 3. The maximum atomic E-state index is 11.9. The molecule has 2 aromatic rings. The quantitative estimate of drug-likeness (QED) is 0.788. The number of aromatic nitrogens is 1. The maximum Gasteiger partial charge on any atom is 0.227 e. The number of amides is 1. The van der Waals surface area contributed by atoms with E-state index in [9.17, 15) is 4.79 Å². The third-order valence-electron chi connectivity index (χ3n) is 3.15. The lowest BCUT2D eigenvalue weighted by atomic mass is 10.1. The van der Waals surface area contributed by atoms with Crippen LogP contribution in [-0.4, -0.2) is 17.4 Å². The number of benzene rings is 1. The lowest BCUT2D eigenvalue weighted by Gasteiger charge is -2.15. The van der Waals surface area contributed by atoms with Crippen molar-refractivity contribution in [2.24, 2.45) is 5.92 Å². The Morgan fingerprint density at radius 2 is 2.39 bits per heavy atom. The molecule has 1 unspecified atom stereocenters. The molecule has 0 spiro atoms. The zero-order chi connectivity index (χ0) is 12.7. The summed E-state index contributed by atoms with van der Waals surface area (Å²) >= 11 is 7.31. The van der Waals surface area contributed by atoms with E-state index in [0.29, 0.717) is 17.4 Å². The van der Waals surface area contributed by atoms with E-state index in [4.69, 9.17) is 11.6 Å². The fraction of sp³-hybridized carbons (Fsp3) is 0.231. The minimum absolute atomic E-state index is 0.148. The first-order valence-electron chi connectivity index (χ1n) is 5.66. The van der Waals surface area contributed by atoms with Gasteiger partial charge in [-0.3, -0.25) is 4.79 Å². The van der Waals surface area contributed by atoms with Gasteiger partial charge in [0.15, 0.2) is 4.47 Å². The molecule has 0 aliphatic carbocycles. The highest BCUT2D eigenvalue weighted by Crippen LogP contribution is 2.32. The van der Waals surface area contributed by atoms with Gasteiger partial charge in [0.1, 0.15) is 0 Å². The summed E-state index contributed by atoms with van der Waals surface area (Å²) in [5, 5.41) is 0. The number of fused-ring (bicyclic) bond motifs is 1. The molecule has 0 bridgehead atoms. The zero-order valence-electron chi connectivity index (χ0n) is 9.60. The first-order chi connectivity index (χ1) is 8.67. The van der Waals surface area contributed by atoms with Crippen LogP contribution < -0.4 is 4.90 Å². The van der Waals surface area contributed by atoms with Crippen LogP contribution in [0.3, 0.4) is 0 Å². The molecule has 0 radical (unpaired) electrons. The second kappa shape index (κ2) is 4.37. The molecule has 92 valence electrons. The molecule has 0 N–H and O–H groups in total. The van der Waals surface area contributed by atoms with Crippen LogP contribution in [-0.2, 0) is 4.79 Å². The predicted molar refractivity (Wildman–Crippen MR) is 75.3 cm³/mol. The normalized spacial score (nSPS) is 19.7. The number of carbonyl (C=O) groups is 1. The summed E-state index contributed by atoms with van der Waals surface area (Å²) in [5.74, 6) is 0.396. The molecule has 3 rings (SSSR count). The van der Waals surface area contributed by atoms with Crippen LogP contribution in [0.4, 0.5) is 5.69 Å². The van der Waals surface area contributed by atoms with Crippen molar-refractivity contribution in [3.8, 4) is 0 Å². The van der Waals surface area contributed by atoms with E-state index in [-0.39, 0.29) is 11.8 Å². The molecule has 1 aromatic carbocycles. The van der Waals surface area contributed by atoms with Crippen LogP contribution in [0.1, 0.15) is 6.42 Å². The molecule has 1 fully saturated rings. The first-order valence-corrected chi connectivity index (χ1v) is 6.86. The van der Waals surface area contributed by atoms with Gasteiger partial charge >= 0.3 is 0 Å². The number of thiazole rings is 1. The van der Waals surface area contributed by atoms with Crippen molar-refractivity contribution in [3.05, 3.63) is 35.3 Å². The molecule has 3 nitrogen and oxygen atoms in total. The summed E-state index contributed by atoms with van der Waals surface area (Å²) in [4.78, 5) is 17.9. The Morgan fingerprint density at radius 3 is 3.11 bits per heavy atom. The van der Waals surface area contributed by atoms with Gasteiger partial charge in [0.2, 0.25) is 5.91 Å². The first kappa shape index (κ1) is 11.7. The number of hydrogen-bond donors (Lipinski definition) is 0. The Kier molecular flexibility index (Phi) is 2.84. The second-order valence-electron chi connectivity index (χ2n) is 4.32. The zero-order valence-corrected chi connectivity index (χ0v) is 11.2. The summed E-state index contributed by atoms with van der Waals surface area (Å²) in [6, 6.07) is 5.80. The van der Waals surface area contributed by atoms with Gasteiger partial charge in [-0.25, -0.2) is 4.98 Å². The van der Waals surface area contributed by atoms with Crippen molar-refractivity contribution >= 4 is 44.7 Å². The van der Waals surface area contributed by atoms with Gasteiger partial charge in [-0.1, -0.05) is 17.7 Å². The number of carbonyl (C=O) groups excluding carboxylic acids is 1. The fourth-order valence-corrected chi connectivity index (χ4v) is 3.26. The molecule has 0 saturated carbocycles. The SMILES string of the molecule is C=CC1CC(=O)N(c2ccc3nc(Cl)sc3c2)C1. The minimum atomic E-state index is 0.148. The van der Waals surface area contributed by atoms with E-state index in [1.54, 1.807) is 4.90 Å². The Morgan fingerprint density at radius 1 is 1.56 bits per heavy atom. The van der Waals surface area contributed by atoms with Crippen molar-refractivity contribution in [2.45, 2.75) is 6.42 Å². The number of anilines is 1. The summed E-state index contributed by atoms with van der Waals surface area (Å²) in [7, 11) is 0. The van der Waals surface area contributed by atoms with E-state index >= 15 is 0 Å². The molecule has 1 aromatic heterocycles. The van der Waals surface area contributed by atoms with Crippen LogP contribution in [0, 0.1) is 5.92 Å². The molecule has 2 heterocycles. The second-order valence-corrected chi connectivity index (χ2v) is 5.94. The van der Waals surface area contributed by atoms with Gasteiger partial charge in [0.05, 0.1) is 10.2 Å². The molecule has 1 atom stereocenters. The van der Waals surface area contributed by atoms with Crippen molar-refractivity contribution < 1.29 is 4.79 Å². The smallest absolute Gasteiger partial charge is 0.227 e. The van der Waals surface area contributed by atoms with Crippen LogP contribution >= 0.6 is 22.9 Å². The molecule has 1 saturated heterocycles. The predicted octanol–water partition coefficient (Wildman–Crippen LogP) is 3.49. The summed E-state index contributed by atoms with van der Waals surface area (Å²) in [6.45, 7) is 4.46. The van der Waals surface area contributed by atoms with Crippen molar-refractivity contribution in [1.82, 2.24) is 4.98 Å². The lowest BCUT2D eigenvalue weighted by molar-refractivity contribution is -0.117. The lowest BCUT2D eigenvalue weighted by Crippen LogP contribution is -2.24. The van der Waals surface area contributed by atoms with Gasteiger partial charge in [-0.05, 0) is 18.2 Å². The van der Waals surface area contributed by atoms with Gasteiger partial charge in [0, 0.05) is 24.6 Å². The molecule has 1 amide bonds. The third-order valence-corrected chi connectivity index (χ3v) is 4.27. The topological polar surface area (TPSA) is 33.2 Å². The summed E-state index contributed by atoms with van der Waals surface area (Å²) in [6.07, 6.45) is 2.39. The third kappa shape index (κ3) is 1.91. The van der Waals surface area contributed by atoms with E-state index in [1.807, 2.05) is 24.3 Å². The summed E-state index contributed by atoms with van der Waals surface area (Å²) in [5.41, 5.74) is 1.79. The standard InChI is InChI=1S/C13H11ClN2OS/c1-2-8-5-12(17)16(7-8)9-3-4-10-11(6-9)18-13(14)15-10/h2-4,6,8H,1,5,7H2.